The largest absolute Gasteiger partial charge is 0.392 e. The Bertz CT molecular complexity index is 423. The lowest BCUT2D eigenvalue weighted by atomic mass is 10.1. The lowest BCUT2D eigenvalue weighted by Gasteiger charge is -2.01. The summed E-state index contributed by atoms with van der Waals surface area (Å²) in [4.78, 5) is 1.01. The van der Waals surface area contributed by atoms with E-state index in [2.05, 4.69) is 0 Å². The summed E-state index contributed by atoms with van der Waals surface area (Å²) in [5.41, 5.74) is 1.43. The van der Waals surface area contributed by atoms with Crippen molar-refractivity contribution in [2.45, 2.75) is 6.61 Å². The second kappa shape index (κ2) is 3.90. The average Bonchev–Trinajstić information content (AvgIpc) is 2.69. The van der Waals surface area contributed by atoms with Gasteiger partial charge in [-0.3, -0.25) is 0 Å². The highest BCUT2D eigenvalue weighted by Gasteiger charge is 2.03. The van der Waals surface area contributed by atoms with E-state index in [1.807, 2.05) is 17.5 Å². The van der Waals surface area contributed by atoms with Crippen LogP contribution in [0.3, 0.4) is 0 Å². The maximum absolute atomic E-state index is 13.1. The van der Waals surface area contributed by atoms with Gasteiger partial charge in [0.05, 0.1) is 6.61 Å². The summed E-state index contributed by atoms with van der Waals surface area (Å²) in [7, 11) is 0. The first-order valence-electron chi connectivity index (χ1n) is 4.24. The van der Waals surface area contributed by atoms with Gasteiger partial charge in [0.2, 0.25) is 0 Å². The van der Waals surface area contributed by atoms with Gasteiger partial charge in [0, 0.05) is 4.88 Å². The minimum atomic E-state index is -0.306. The van der Waals surface area contributed by atoms with Gasteiger partial charge in [0.1, 0.15) is 5.82 Å². The number of thiophene rings is 1. The van der Waals surface area contributed by atoms with Crippen molar-refractivity contribution in [3.63, 3.8) is 0 Å². The van der Waals surface area contributed by atoms with Gasteiger partial charge in [-0.2, -0.15) is 0 Å². The molecule has 1 aromatic carbocycles. The van der Waals surface area contributed by atoms with E-state index in [0.717, 1.165) is 10.4 Å². The zero-order valence-corrected chi connectivity index (χ0v) is 8.22. The first-order chi connectivity index (χ1) is 6.79. The second-order valence-corrected chi connectivity index (χ2v) is 3.93. The Hall–Kier alpha value is -1.19. The highest BCUT2D eigenvalue weighted by molar-refractivity contribution is 7.13. The van der Waals surface area contributed by atoms with E-state index in [1.54, 1.807) is 17.4 Å². The van der Waals surface area contributed by atoms with Crippen molar-refractivity contribution in [3.8, 4) is 10.4 Å². The van der Waals surface area contributed by atoms with Crippen molar-refractivity contribution in [2.24, 2.45) is 0 Å². The predicted molar refractivity (Wildman–Crippen MR) is 55.6 cm³/mol. The van der Waals surface area contributed by atoms with E-state index in [9.17, 15) is 4.39 Å². The van der Waals surface area contributed by atoms with Crippen LogP contribution in [0.2, 0.25) is 0 Å². The summed E-state index contributed by atoms with van der Waals surface area (Å²) >= 11 is 1.56. The van der Waals surface area contributed by atoms with E-state index in [0.29, 0.717) is 5.56 Å². The molecule has 1 heterocycles. The third-order valence-electron chi connectivity index (χ3n) is 1.95. The number of aliphatic hydroxyl groups is 1. The van der Waals surface area contributed by atoms with E-state index < -0.39 is 0 Å². The molecule has 0 atom stereocenters. The standard InChI is InChI=1S/C11H9FOS/c12-10-5-8(7-13)4-9(6-10)11-2-1-3-14-11/h1-6,13H,7H2. The van der Waals surface area contributed by atoms with Gasteiger partial charge in [-0.25, -0.2) is 4.39 Å². The maximum Gasteiger partial charge on any atom is 0.124 e. The maximum atomic E-state index is 13.1. The normalized spacial score (nSPS) is 10.4. The molecule has 0 radical (unpaired) electrons. The Balaban J connectivity index is 2.48. The average molecular weight is 208 g/mol. The van der Waals surface area contributed by atoms with Crippen LogP contribution in [0.5, 0.6) is 0 Å². The van der Waals surface area contributed by atoms with E-state index in [4.69, 9.17) is 5.11 Å². The van der Waals surface area contributed by atoms with Gasteiger partial charge in [0.15, 0.2) is 0 Å². The van der Waals surface area contributed by atoms with E-state index in [1.165, 1.54) is 12.1 Å². The molecule has 0 amide bonds. The van der Waals surface area contributed by atoms with E-state index in [-0.39, 0.29) is 12.4 Å². The number of benzene rings is 1. The molecule has 1 aromatic heterocycles. The fourth-order valence-electron chi connectivity index (χ4n) is 1.33. The summed E-state index contributed by atoms with van der Waals surface area (Å²) in [5, 5.41) is 10.9. The predicted octanol–water partition coefficient (Wildman–Crippen LogP) is 3.05. The molecule has 0 saturated heterocycles. The van der Waals surface area contributed by atoms with Crippen LogP contribution in [-0.2, 0) is 6.61 Å². The van der Waals surface area contributed by atoms with Crippen molar-refractivity contribution in [1.29, 1.82) is 0 Å². The Morgan fingerprint density at radius 1 is 1.29 bits per heavy atom. The van der Waals surface area contributed by atoms with Crippen molar-refractivity contribution in [2.75, 3.05) is 0 Å². The molecule has 1 N–H and O–H groups in total. The van der Waals surface area contributed by atoms with Crippen LogP contribution in [-0.4, -0.2) is 5.11 Å². The molecule has 1 nitrogen and oxygen atoms in total. The lowest BCUT2D eigenvalue weighted by Crippen LogP contribution is -1.86. The fraction of sp³-hybridized carbons (Fsp3) is 0.0909. The number of rotatable bonds is 2. The highest BCUT2D eigenvalue weighted by atomic mass is 32.1. The summed E-state index contributed by atoms with van der Waals surface area (Å²) < 4.78 is 13.1. The zero-order valence-electron chi connectivity index (χ0n) is 7.40. The molecule has 0 bridgehead atoms. The monoisotopic (exact) mass is 208 g/mol. The Morgan fingerprint density at radius 2 is 2.14 bits per heavy atom. The minimum absolute atomic E-state index is 0.129. The van der Waals surface area contributed by atoms with Crippen LogP contribution in [0.1, 0.15) is 5.56 Å². The molecule has 2 aromatic rings. The highest BCUT2D eigenvalue weighted by Crippen LogP contribution is 2.26. The molecule has 0 unspecified atom stereocenters. The van der Waals surface area contributed by atoms with Gasteiger partial charge in [-0.15, -0.1) is 11.3 Å². The Kier molecular flexibility index (Phi) is 2.61. The lowest BCUT2D eigenvalue weighted by molar-refractivity contribution is 0.281. The Morgan fingerprint density at radius 3 is 2.79 bits per heavy atom. The molecule has 72 valence electrons. The molecule has 0 aliphatic heterocycles. The van der Waals surface area contributed by atoms with Crippen LogP contribution in [0.4, 0.5) is 4.39 Å². The minimum Gasteiger partial charge on any atom is -0.392 e. The fourth-order valence-corrected chi connectivity index (χ4v) is 2.04. The van der Waals surface area contributed by atoms with Crippen molar-refractivity contribution in [3.05, 3.63) is 47.1 Å². The molecular weight excluding hydrogens is 199 g/mol. The van der Waals surface area contributed by atoms with Gasteiger partial charge < -0.3 is 5.11 Å². The van der Waals surface area contributed by atoms with Gasteiger partial charge in [-0.05, 0) is 40.8 Å². The SMILES string of the molecule is OCc1cc(F)cc(-c2cccs2)c1. The van der Waals surface area contributed by atoms with Crippen LogP contribution >= 0.6 is 11.3 Å². The summed E-state index contributed by atoms with van der Waals surface area (Å²) in [5.74, 6) is -0.306. The molecule has 3 heteroatoms. The first kappa shape index (κ1) is 9.37. The quantitative estimate of drug-likeness (QED) is 0.804. The molecule has 0 saturated carbocycles. The van der Waals surface area contributed by atoms with Gasteiger partial charge >= 0.3 is 0 Å². The molecule has 0 aliphatic rings. The van der Waals surface area contributed by atoms with Crippen LogP contribution in [0.25, 0.3) is 10.4 Å². The first-order valence-corrected chi connectivity index (χ1v) is 5.12. The topological polar surface area (TPSA) is 20.2 Å². The molecular formula is C11H9FOS. The molecule has 0 spiro atoms. The second-order valence-electron chi connectivity index (χ2n) is 2.98. The molecule has 0 aliphatic carbocycles. The molecule has 14 heavy (non-hydrogen) atoms. The number of hydrogen-bond acceptors (Lipinski definition) is 2. The molecule has 2 rings (SSSR count). The summed E-state index contributed by atoms with van der Waals surface area (Å²) in [6, 6.07) is 8.47. The third-order valence-corrected chi connectivity index (χ3v) is 2.86. The summed E-state index contributed by atoms with van der Waals surface area (Å²) in [6.07, 6.45) is 0. The molecule has 0 fully saturated rings. The van der Waals surface area contributed by atoms with Crippen LogP contribution in [0, 0.1) is 5.82 Å². The van der Waals surface area contributed by atoms with Crippen LogP contribution in [0.15, 0.2) is 35.7 Å². The van der Waals surface area contributed by atoms with Crippen LogP contribution < -0.4 is 0 Å². The Labute approximate surface area is 85.5 Å². The van der Waals surface area contributed by atoms with Crippen molar-refractivity contribution in [1.82, 2.24) is 0 Å². The van der Waals surface area contributed by atoms with E-state index >= 15 is 0 Å². The summed E-state index contributed by atoms with van der Waals surface area (Å²) in [6.45, 7) is -0.129. The van der Waals surface area contributed by atoms with Crippen molar-refractivity contribution < 1.29 is 9.50 Å². The smallest absolute Gasteiger partial charge is 0.124 e. The van der Waals surface area contributed by atoms with Crippen molar-refractivity contribution >= 4 is 11.3 Å². The van der Waals surface area contributed by atoms with Gasteiger partial charge in [-0.1, -0.05) is 6.07 Å². The van der Waals surface area contributed by atoms with Gasteiger partial charge in [0.25, 0.3) is 0 Å². The number of hydrogen-bond donors (Lipinski definition) is 1. The zero-order chi connectivity index (χ0) is 9.97. The number of halogens is 1. The number of aliphatic hydroxyl groups excluding tert-OH is 1. The third kappa shape index (κ3) is 1.84.